The fourth-order valence-electron chi connectivity index (χ4n) is 16.6. The molecule has 9 amide bonds. The zero-order valence-corrected chi connectivity index (χ0v) is 74.5. The minimum absolute atomic E-state index is 0.0471. The second-order valence-corrected chi connectivity index (χ2v) is 32.3. The summed E-state index contributed by atoms with van der Waals surface area (Å²) in [5, 5.41) is 10.2. The number of aryl methyl sites for hydroxylation is 6. The van der Waals surface area contributed by atoms with Crippen molar-refractivity contribution in [3.8, 4) is 45.0 Å². The highest BCUT2D eigenvalue weighted by atomic mass is 19.1. The number of methoxy groups -OCH3 is 1. The van der Waals surface area contributed by atoms with Crippen molar-refractivity contribution in [3.05, 3.63) is 236 Å². The van der Waals surface area contributed by atoms with Gasteiger partial charge in [-0.1, -0.05) is 19.1 Å². The van der Waals surface area contributed by atoms with Gasteiger partial charge in [-0.15, -0.1) is 0 Å². The van der Waals surface area contributed by atoms with Gasteiger partial charge < -0.3 is 87.9 Å². The van der Waals surface area contributed by atoms with Crippen LogP contribution in [0.5, 0.6) is 0 Å². The van der Waals surface area contributed by atoms with Crippen molar-refractivity contribution in [2.45, 2.75) is 119 Å². The number of morpholine rings is 4. The van der Waals surface area contributed by atoms with E-state index in [9.17, 15) is 38.4 Å². The fraction of sp³-hybridized carbons (Fsp3) is 0.368. The molecule has 12 aromatic rings. The van der Waals surface area contributed by atoms with Gasteiger partial charge in [0.15, 0.2) is 0 Å². The topological polar surface area (TPSA) is 339 Å². The Kier molecular flexibility index (Phi) is 29.7. The van der Waals surface area contributed by atoms with Gasteiger partial charge in [0.2, 0.25) is 11.8 Å². The van der Waals surface area contributed by atoms with Crippen LogP contribution in [-0.4, -0.2) is 243 Å². The Bertz CT molecular complexity index is 6210. The summed E-state index contributed by atoms with van der Waals surface area (Å²) in [4.78, 5) is 121. The largest absolute Gasteiger partial charge is 0.453 e. The first kappa shape index (κ1) is 93.2. The predicted molar refractivity (Wildman–Crippen MR) is 477 cm³/mol. The molecule has 4 atom stereocenters. The maximum atomic E-state index is 15.1. The Labute approximate surface area is 743 Å². The molecule has 12 heterocycles. The Balaban J connectivity index is 0.000000147. The van der Waals surface area contributed by atoms with E-state index < -0.39 is 53.3 Å². The molecule has 4 aromatic carbocycles. The van der Waals surface area contributed by atoms with E-state index in [1.165, 1.54) is 33.0 Å². The van der Waals surface area contributed by atoms with E-state index in [-0.39, 0.29) is 88.5 Å². The third-order valence-corrected chi connectivity index (χ3v) is 23.2. The Morgan fingerprint density at radius 3 is 1.08 bits per heavy atom. The molecule has 0 aliphatic carbocycles. The maximum Gasteiger partial charge on any atom is 0.409 e. The molecule has 4 aliphatic rings. The Morgan fingerprint density at radius 2 is 0.736 bits per heavy atom. The van der Waals surface area contributed by atoms with Gasteiger partial charge in [-0.3, -0.25) is 28.8 Å². The van der Waals surface area contributed by atoms with Crippen LogP contribution in [0.25, 0.3) is 67.6 Å². The number of hydrogen-bond acceptors (Lipinski definition) is 17. The van der Waals surface area contributed by atoms with Crippen LogP contribution in [0.15, 0.2) is 134 Å². The van der Waals surface area contributed by atoms with Crippen LogP contribution in [0.2, 0.25) is 0 Å². The summed E-state index contributed by atoms with van der Waals surface area (Å²) < 4.78 is 96.6. The summed E-state index contributed by atoms with van der Waals surface area (Å²) in [7, 11) is 5.72. The second kappa shape index (κ2) is 41.1. The predicted octanol–water partition coefficient (Wildman–Crippen LogP) is 11.5. The van der Waals surface area contributed by atoms with Crippen molar-refractivity contribution in [2.75, 3.05) is 114 Å². The number of nitrogens with one attached hydrogen (secondary N) is 4. The molecule has 6 N–H and O–H groups in total. The molecule has 0 saturated carbocycles. The summed E-state index contributed by atoms with van der Waals surface area (Å²) in [6.45, 7) is 23.2. The number of ether oxygens (including phenoxy) is 5. The number of benzene rings is 4. The summed E-state index contributed by atoms with van der Waals surface area (Å²) in [5.41, 5.74) is 21.9. The first-order valence-electron chi connectivity index (χ1n) is 42.8. The molecule has 0 unspecified atom stereocenters. The number of primary amides is 1. The van der Waals surface area contributed by atoms with Crippen molar-refractivity contribution in [3.63, 3.8) is 0 Å². The Morgan fingerprint density at radius 1 is 0.419 bits per heavy atom. The fourth-order valence-corrected chi connectivity index (χ4v) is 16.6. The molecule has 129 heavy (non-hydrogen) atoms. The third-order valence-electron chi connectivity index (χ3n) is 23.2. The lowest BCUT2D eigenvalue weighted by Crippen LogP contribution is -2.48. The van der Waals surface area contributed by atoms with E-state index in [4.69, 9.17) is 39.4 Å². The van der Waals surface area contributed by atoms with Gasteiger partial charge in [0.1, 0.15) is 45.9 Å². The van der Waals surface area contributed by atoms with Crippen LogP contribution < -0.4 is 27.0 Å². The van der Waals surface area contributed by atoms with Gasteiger partial charge in [-0.25, -0.2) is 47.1 Å². The van der Waals surface area contributed by atoms with Crippen LogP contribution in [0, 0.1) is 64.8 Å². The standard InChI is InChI=1S/C25H30N4O3.C24H29N5O3.C23H24F2N4O4.C23H24F2N4O3/c1-5-23(30)28-10-11-32-19(15-28)14-21-24(27-22-12-16(2)8-9-29(21)22)20-7-6-18(13-17(20)3)25(31)26-4;1-4-26-23(30)17-5-6-19(16(3)12-17)22-20(29-8-7-15(2)11-21(29)27-22)13-18-14-28(24(25)31)9-10-32-18;1-13-4-5-29-18(11-15-12-28(6-7-33-15)23(31)32-3)21(27-19(29)8-13)20-16(24)9-14(10-17(20)25)22(30)26-2;1-13-4-5-29-19(11-16-12-28(14(2)30)6-7-32-16)22(27-20(29)8-13)21-17(24)9-15(10-18(21)25)23(31)26-3/h6-9,12-13,19H,5,10-11,14-15H2,1-4H3,(H,26,31);5-8,11-12,18H,4,9-10,13-14H2,1-3H3,(H2,25,31)(H,26,30);4-5,8-10,15H,6-7,11-12H2,1-3H3,(H,26,30);4-5,8-10,16H,6-7,11-12H2,1-3H3,(H,26,31)/t19-;18-;15-;16-/m0010/s1. The van der Waals surface area contributed by atoms with E-state index in [0.717, 1.165) is 103 Å². The molecule has 4 aliphatic heterocycles. The van der Waals surface area contributed by atoms with Crippen molar-refractivity contribution in [2.24, 2.45) is 5.73 Å². The number of rotatable bonds is 18. The van der Waals surface area contributed by atoms with Gasteiger partial charge in [-0.2, -0.15) is 0 Å². The normalized spacial score (nSPS) is 16.3. The summed E-state index contributed by atoms with van der Waals surface area (Å²) >= 11 is 0. The highest BCUT2D eigenvalue weighted by molar-refractivity contribution is 5.97. The molecule has 30 nitrogen and oxygen atoms in total. The quantitative estimate of drug-likeness (QED) is 0.0498. The lowest BCUT2D eigenvalue weighted by molar-refractivity contribution is -0.138. The molecule has 16 rings (SSSR count). The molecule has 4 saturated heterocycles. The average molecular weight is 1770 g/mol. The number of halogens is 4. The number of fused-ring (bicyclic) bond motifs is 4. The Hall–Kier alpha value is -13.4. The van der Waals surface area contributed by atoms with Gasteiger partial charge in [0, 0.05) is 171 Å². The number of imidazole rings is 4. The van der Waals surface area contributed by atoms with E-state index in [2.05, 4.69) is 59.1 Å². The number of aromatic nitrogens is 8. The first-order chi connectivity index (χ1) is 61.9. The number of pyridine rings is 4. The molecular formula is C95H107F4N17O13. The van der Waals surface area contributed by atoms with E-state index in [1.54, 1.807) is 38.0 Å². The van der Waals surface area contributed by atoms with E-state index in [0.29, 0.717) is 138 Å². The molecule has 4 fully saturated rings. The van der Waals surface area contributed by atoms with E-state index in [1.807, 2.05) is 139 Å². The van der Waals surface area contributed by atoms with Gasteiger partial charge >= 0.3 is 12.1 Å². The van der Waals surface area contributed by atoms with E-state index >= 15 is 17.6 Å². The number of nitrogens with two attached hydrogens (primary N) is 1. The average Bonchev–Trinajstić information content (AvgIpc) is 1.63. The number of urea groups is 1. The number of carbonyl (C=O) groups is 8. The van der Waals surface area contributed by atoms with Crippen LogP contribution in [-0.2, 0) is 59.0 Å². The van der Waals surface area contributed by atoms with Gasteiger partial charge in [0.05, 0.1) is 121 Å². The molecule has 0 spiro atoms. The van der Waals surface area contributed by atoms with Crippen molar-refractivity contribution < 1.29 is 79.6 Å². The minimum atomic E-state index is -0.893. The van der Waals surface area contributed by atoms with Crippen molar-refractivity contribution in [1.29, 1.82) is 0 Å². The SMILES string of the molecule is CCC(=O)N1CCO[C@@H](Cc2c(-c3ccc(C(=O)NC)cc3C)nc3cc(C)ccn23)C1.CCNC(=O)c1ccc(-c2nc3cc(C)ccn3c2C[C@H]2CN(C(N)=O)CCO2)c(C)c1.CNC(=O)c1cc(F)c(-c2nc3cc(C)ccn3c2C[C@@H]2CN(C(=O)OC)CCO2)c(F)c1.CNC(=O)c1cc(F)c(-c2nc3cc(C)ccn3c2C[C@H]2CN(C(C)=O)CCO2)c(F)c1. The lowest BCUT2D eigenvalue weighted by Gasteiger charge is -2.33. The second-order valence-electron chi connectivity index (χ2n) is 32.3. The molecule has 8 aromatic heterocycles. The smallest absolute Gasteiger partial charge is 0.409 e. The first-order valence-corrected chi connectivity index (χ1v) is 42.8. The number of nitrogens with zero attached hydrogens (tertiary/aromatic N) is 12. The summed E-state index contributed by atoms with van der Waals surface area (Å²) in [5.74, 6) is -4.80. The van der Waals surface area contributed by atoms with Gasteiger partial charge in [0.25, 0.3) is 23.6 Å². The summed E-state index contributed by atoms with van der Waals surface area (Å²) in [6, 6.07) is 30.5. The van der Waals surface area contributed by atoms with Crippen LogP contribution >= 0.6 is 0 Å². The monoisotopic (exact) mass is 1770 g/mol. The van der Waals surface area contributed by atoms with Crippen LogP contribution in [0.4, 0.5) is 27.2 Å². The molecule has 0 bridgehead atoms. The third kappa shape index (κ3) is 21.2. The molecular weight excluding hydrogens is 1660 g/mol. The van der Waals surface area contributed by atoms with Crippen LogP contribution in [0.3, 0.4) is 0 Å². The molecule has 0 radical (unpaired) electrons. The summed E-state index contributed by atoms with van der Waals surface area (Å²) in [6.07, 6.45) is 8.44. The molecule has 678 valence electrons. The zero-order valence-electron chi connectivity index (χ0n) is 74.5. The maximum absolute atomic E-state index is 15.1. The number of amides is 9. The lowest BCUT2D eigenvalue weighted by atomic mass is 9.99. The minimum Gasteiger partial charge on any atom is -0.453 e. The number of hydrogen-bond donors (Lipinski definition) is 5. The van der Waals surface area contributed by atoms with Crippen molar-refractivity contribution in [1.82, 2.24) is 78.4 Å². The van der Waals surface area contributed by atoms with Crippen LogP contribution in [0.1, 0.15) is 125 Å². The highest BCUT2D eigenvalue weighted by Gasteiger charge is 2.35. The highest BCUT2D eigenvalue weighted by Crippen LogP contribution is 2.37. The van der Waals surface area contributed by atoms with Crippen molar-refractivity contribution >= 4 is 70.2 Å². The zero-order chi connectivity index (χ0) is 92.3. The molecule has 34 heteroatoms. The number of carbonyl (C=O) groups excluding carboxylic acids is 8. The van der Waals surface area contributed by atoms with Gasteiger partial charge in [-0.05, 0) is 179 Å².